The lowest BCUT2D eigenvalue weighted by molar-refractivity contribution is -0.122. The maximum absolute atomic E-state index is 13.4. The number of hydrogen-bond acceptors (Lipinski definition) is 5. The number of rotatable bonds is 8. The van der Waals surface area contributed by atoms with Crippen LogP contribution in [0.4, 0.5) is 10.5 Å². The van der Waals surface area contributed by atoms with Crippen LogP contribution in [0, 0.1) is 13.8 Å². The third-order valence-electron chi connectivity index (χ3n) is 6.70. The molecular weight excluding hydrogens is 540 g/mol. The Labute approximate surface area is 243 Å². The van der Waals surface area contributed by atoms with Crippen LogP contribution in [-0.2, 0) is 22.8 Å². The van der Waals surface area contributed by atoms with Gasteiger partial charge in [-0.1, -0.05) is 60.1 Å². The van der Waals surface area contributed by atoms with Crippen molar-refractivity contribution in [2.24, 2.45) is 0 Å². The van der Waals surface area contributed by atoms with Crippen molar-refractivity contribution in [3.8, 4) is 11.5 Å². The number of para-hydroxylation sites is 1. The van der Waals surface area contributed by atoms with Gasteiger partial charge in [0.2, 0.25) is 0 Å². The summed E-state index contributed by atoms with van der Waals surface area (Å²) in [5, 5.41) is 2.90. The molecule has 0 saturated carbocycles. The number of urea groups is 1. The van der Waals surface area contributed by atoms with Gasteiger partial charge in [-0.2, -0.15) is 0 Å². The normalized spacial score (nSPS) is 14.3. The van der Waals surface area contributed by atoms with Gasteiger partial charge in [-0.05, 0) is 84.6 Å². The molecule has 0 aliphatic carbocycles. The van der Waals surface area contributed by atoms with E-state index in [0.29, 0.717) is 41.0 Å². The second-order valence-corrected chi connectivity index (χ2v) is 10.0. The molecule has 206 valence electrons. The van der Waals surface area contributed by atoms with Crippen LogP contribution in [-0.4, -0.2) is 17.8 Å². The van der Waals surface area contributed by atoms with Crippen LogP contribution in [0.15, 0.2) is 96.6 Å². The molecule has 4 aromatic carbocycles. The van der Waals surface area contributed by atoms with Crippen molar-refractivity contribution >= 4 is 41.2 Å². The smallest absolute Gasteiger partial charge is 0.335 e. The number of carbonyl (C=O) groups excluding carboxylic acids is 3. The van der Waals surface area contributed by atoms with Crippen LogP contribution in [0.2, 0.25) is 5.02 Å². The number of anilines is 1. The minimum Gasteiger partial charge on any atom is -0.489 e. The predicted octanol–water partition coefficient (Wildman–Crippen LogP) is 6.78. The van der Waals surface area contributed by atoms with Gasteiger partial charge in [-0.3, -0.25) is 14.9 Å². The lowest BCUT2D eigenvalue weighted by atomic mass is 10.1. The van der Waals surface area contributed by atoms with Gasteiger partial charge in [0.15, 0.2) is 0 Å². The van der Waals surface area contributed by atoms with Gasteiger partial charge in [0.1, 0.15) is 30.3 Å². The largest absolute Gasteiger partial charge is 0.489 e. The molecule has 41 heavy (non-hydrogen) atoms. The number of carbonyl (C=O) groups is 3. The molecule has 0 radical (unpaired) electrons. The Kier molecular flexibility index (Phi) is 8.17. The van der Waals surface area contributed by atoms with Crippen molar-refractivity contribution in [1.29, 1.82) is 0 Å². The van der Waals surface area contributed by atoms with E-state index in [2.05, 4.69) is 11.4 Å². The Balaban J connectivity index is 1.33. The van der Waals surface area contributed by atoms with Gasteiger partial charge < -0.3 is 9.47 Å². The Morgan fingerprint density at radius 2 is 1.46 bits per heavy atom. The number of nitrogens with zero attached hydrogens (tertiary/aromatic N) is 1. The highest BCUT2D eigenvalue weighted by Crippen LogP contribution is 2.27. The first-order valence-corrected chi connectivity index (χ1v) is 13.3. The van der Waals surface area contributed by atoms with Gasteiger partial charge in [0.25, 0.3) is 11.8 Å². The molecule has 0 spiro atoms. The molecule has 1 aliphatic heterocycles. The van der Waals surface area contributed by atoms with Gasteiger partial charge in [-0.25, -0.2) is 9.69 Å². The molecule has 7 nitrogen and oxygen atoms in total. The number of amides is 4. The van der Waals surface area contributed by atoms with Crippen molar-refractivity contribution in [3.63, 3.8) is 0 Å². The Morgan fingerprint density at radius 3 is 2.20 bits per heavy atom. The maximum Gasteiger partial charge on any atom is 0.335 e. The van der Waals surface area contributed by atoms with Gasteiger partial charge in [0.05, 0.1) is 5.69 Å². The maximum atomic E-state index is 13.4. The van der Waals surface area contributed by atoms with E-state index in [0.717, 1.165) is 21.6 Å². The highest BCUT2D eigenvalue weighted by molar-refractivity contribution is 6.39. The minimum atomic E-state index is -0.828. The van der Waals surface area contributed by atoms with Crippen LogP contribution in [0.3, 0.4) is 0 Å². The summed E-state index contributed by atoms with van der Waals surface area (Å²) in [6.45, 7) is 4.73. The molecule has 1 N–H and O–H groups in total. The van der Waals surface area contributed by atoms with Crippen molar-refractivity contribution in [1.82, 2.24) is 5.32 Å². The number of benzene rings is 4. The monoisotopic (exact) mass is 566 g/mol. The van der Waals surface area contributed by atoms with Crippen LogP contribution in [0.5, 0.6) is 11.5 Å². The number of aryl methyl sites for hydroxylation is 2. The standard InChI is InChI=1S/C33H27ClN2O5/c1-21-7-8-24(17-22(21)2)20-41-30-6-4-3-5-25(30)18-29-31(37)35-33(39)36(32(29)38)27-13-15-28(16-14-27)40-19-23-9-11-26(34)12-10-23/h3-18H,19-20H2,1-2H3,(H,35,37,39)/b29-18+. The van der Waals surface area contributed by atoms with Crippen LogP contribution < -0.4 is 19.7 Å². The second kappa shape index (κ2) is 12.1. The minimum absolute atomic E-state index is 0.185. The summed E-state index contributed by atoms with van der Waals surface area (Å²) in [6, 6.07) is 26.2. The number of nitrogens with one attached hydrogen (secondary N) is 1. The van der Waals surface area contributed by atoms with Gasteiger partial charge >= 0.3 is 6.03 Å². The summed E-state index contributed by atoms with van der Waals surface area (Å²) < 4.78 is 11.8. The van der Waals surface area contributed by atoms with E-state index in [1.807, 2.05) is 44.2 Å². The lowest BCUT2D eigenvalue weighted by Gasteiger charge is -2.26. The number of halogens is 1. The van der Waals surface area contributed by atoms with E-state index in [4.69, 9.17) is 21.1 Å². The van der Waals surface area contributed by atoms with E-state index in [1.54, 1.807) is 54.6 Å². The van der Waals surface area contributed by atoms with Crippen LogP contribution in [0.25, 0.3) is 6.08 Å². The first kappa shape index (κ1) is 27.7. The molecular formula is C33H27ClN2O5. The van der Waals surface area contributed by atoms with E-state index in [1.165, 1.54) is 11.6 Å². The molecule has 4 aromatic rings. The Bertz CT molecular complexity index is 1650. The summed E-state index contributed by atoms with van der Waals surface area (Å²) in [5.41, 5.74) is 4.95. The highest BCUT2D eigenvalue weighted by Gasteiger charge is 2.37. The van der Waals surface area contributed by atoms with E-state index < -0.39 is 17.8 Å². The fourth-order valence-corrected chi connectivity index (χ4v) is 4.40. The molecule has 4 amide bonds. The van der Waals surface area contributed by atoms with E-state index in [-0.39, 0.29) is 5.57 Å². The quantitative estimate of drug-likeness (QED) is 0.188. The summed E-state index contributed by atoms with van der Waals surface area (Å²) >= 11 is 5.93. The molecule has 0 unspecified atom stereocenters. The molecule has 1 aliphatic rings. The van der Waals surface area contributed by atoms with E-state index in [9.17, 15) is 14.4 Å². The third kappa shape index (κ3) is 6.48. The number of ether oxygens (including phenoxy) is 2. The Morgan fingerprint density at radius 1 is 0.780 bits per heavy atom. The fourth-order valence-electron chi connectivity index (χ4n) is 4.27. The summed E-state index contributed by atoms with van der Waals surface area (Å²) in [5.74, 6) is -0.458. The first-order chi connectivity index (χ1) is 19.8. The molecule has 0 bridgehead atoms. The predicted molar refractivity (Wildman–Crippen MR) is 158 cm³/mol. The fraction of sp³-hybridized carbons (Fsp3) is 0.121. The summed E-state index contributed by atoms with van der Waals surface area (Å²) in [6.07, 6.45) is 1.44. The van der Waals surface area contributed by atoms with Gasteiger partial charge in [-0.15, -0.1) is 0 Å². The average molecular weight is 567 g/mol. The molecule has 1 fully saturated rings. The zero-order chi connectivity index (χ0) is 28.9. The molecule has 0 aromatic heterocycles. The molecule has 1 heterocycles. The van der Waals surface area contributed by atoms with Crippen molar-refractivity contribution in [2.45, 2.75) is 27.1 Å². The SMILES string of the molecule is Cc1ccc(COc2ccccc2/C=C2\C(=O)NC(=O)N(c3ccc(OCc4ccc(Cl)cc4)cc3)C2=O)cc1C. The number of imide groups is 2. The zero-order valence-corrected chi connectivity index (χ0v) is 23.3. The molecule has 0 atom stereocenters. The van der Waals surface area contributed by atoms with E-state index >= 15 is 0 Å². The lowest BCUT2D eigenvalue weighted by Crippen LogP contribution is -2.54. The van der Waals surface area contributed by atoms with Crippen LogP contribution in [0.1, 0.15) is 27.8 Å². The Hall–Kier alpha value is -4.88. The molecule has 5 rings (SSSR count). The number of barbiturate groups is 1. The first-order valence-electron chi connectivity index (χ1n) is 13.0. The molecule has 8 heteroatoms. The second-order valence-electron chi connectivity index (χ2n) is 9.61. The third-order valence-corrected chi connectivity index (χ3v) is 6.95. The van der Waals surface area contributed by atoms with Crippen molar-refractivity contribution in [3.05, 3.63) is 129 Å². The van der Waals surface area contributed by atoms with Crippen molar-refractivity contribution in [2.75, 3.05) is 4.90 Å². The topological polar surface area (TPSA) is 84.9 Å². The summed E-state index contributed by atoms with van der Waals surface area (Å²) in [4.78, 5) is 39.8. The summed E-state index contributed by atoms with van der Waals surface area (Å²) in [7, 11) is 0. The number of hydrogen-bond donors (Lipinski definition) is 1. The van der Waals surface area contributed by atoms with Crippen LogP contribution >= 0.6 is 11.6 Å². The highest BCUT2D eigenvalue weighted by atomic mass is 35.5. The van der Waals surface area contributed by atoms with Crippen molar-refractivity contribution < 1.29 is 23.9 Å². The molecule has 1 saturated heterocycles. The average Bonchev–Trinajstić information content (AvgIpc) is 2.96. The van der Waals surface area contributed by atoms with Gasteiger partial charge in [0, 0.05) is 10.6 Å². The zero-order valence-electron chi connectivity index (χ0n) is 22.5.